The molecule has 0 amide bonds. The van der Waals surface area contributed by atoms with Gasteiger partial charge in [0.2, 0.25) is 4.96 Å². The molecule has 0 unspecified atom stereocenters. The van der Waals surface area contributed by atoms with Gasteiger partial charge in [-0.25, -0.2) is 4.98 Å². The number of aryl methyl sites for hydroxylation is 3. The average Bonchev–Trinajstić information content (AvgIpc) is 3.08. The number of nitriles is 1. The lowest BCUT2D eigenvalue weighted by atomic mass is 10.1. The Hall–Kier alpha value is -2.59. The summed E-state index contributed by atoms with van der Waals surface area (Å²) >= 11 is 1.52. The van der Waals surface area contributed by atoms with Crippen LogP contribution in [0.2, 0.25) is 0 Å². The molecule has 3 aromatic rings. The molecular formula is C16H16N4O2S. The number of nitrogens with zero attached hydrogens (tertiary/aromatic N) is 4. The van der Waals surface area contributed by atoms with Crippen LogP contribution in [0, 0.1) is 18.3 Å². The van der Waals surface area contributed by atoms with Gasteiger partial charge in [-0.05, 0) is 31.0 Å². The molecular weight excluding hydrogens is 312 g/mol. The molecule has 0 fully saturated rings. The van der Waals surface area contributed by atoms with Gasteiger partial charge in [-0.2, -0.15) is 14.9 Å². The molecule has 2 aromatic heterocycles. The summed E-state index contributed by atoms with van der Waals surface area (Å²) in [4.78, 5) is 5.13. The predicted octanol–water partition coefficient (Wildman–Crippen LogP) is 2.77. The van der Waals surface area contributed by atoms with E-state index < -0.39 is 0 Å². The number of fused-ring (bicyclic) bond motifs is 1. The van der Waals surface area contributed by atoms with E-state index in [0.717, 1.165) is 45.6 Å². The van der Waals surface area contributed by atoms with Gasteiger partial charge in [0.25, 0.3) is 0 Å². The zero-order valence-electron chi connectivity index (χ0n) is 13.2. The Labute approximate surface area is 137 Å². The van der Waals surface area contributed by atoms with Crippen LogP contribution in [0.1, 0.15) is 22.0 Å². The van der Waals surface area contributed by atoms with Gasteiger partial charge in [0, 0.05) is 6.42 Å². The zero-order chi connectivity index (χ0) is 16.4. The van der Waals surface area contributed by atoms with Crippen molar-refractivity contribution in [3.05, 3.63) is 40.2 Å². The molecule has 2 heterocycles. The van der Waals surface area contributed by atoms with E-state index in [1.807, 2.05) is 25.1 Å². The van der Waals surface area contributed by atoms with E-state index in [-0.39, 0.29) is 0 Å². The molecule has 118 valence electrons. The molecule has 0 saturated heterocycles. The van der Waals surface area contributed by atoms with Gasteiger partial charge in [-0.1, -0.05) is 17.4 Å². The number of imidazole rings is 1. The topological polar surface area (TPSA) is 72.4 Å². The maximum absolute atomic E-state index is 9.16. The molecule has 0 spiro atoms. The summed E-state index contributed by atoms with van der Waals surface area (Å²) in [6, 6.07) is 8.04. The van der Waals surface area contributed by atoms with Crippen molar-refractivity contribution in [2.24, 2.45) is 0 Å². The Morgan fingerprint density at radius 1 is 1.22 bits per heavy atom. The normalized spacial score (nSPS) is 10.7. The number of methoxy groups -OCH3 is 2. The minimum absolute atomic E-state index is 0.508. The number of aromatic nitrogens is 3. The number of ether oxygens (including phenoxy) is 2. The molecule has 0 aliphatic rings. The molecule has 7 heteroatoms. The first-order valence-corrected chi connectivity index (χ1v) is 7.94. The van der Waals surface area contributed by atoms with E-state index in [0.29, 0.717) is 5.69 Å². The number of rotatable bonds is 5. The maximum Gasteiger partial charge on any atom is 0.213 e. The van der Waals surface area contributed by atoms with Crippen LogP contribution in [-0.4, -0.2) is 28.8 Å². The third kappa shape index (κ3) is 2.85. The van der Waals surface area contributed by atoms with Gasteiger partial charge >= 0.3 is 0 Å². The predicted molar refractivity (Wildman–Crippen MR) is 87.3 cm³/mol. The summed E-state index contributed by atoms with van der Waals surface area (Å²) < 4.78 is 12.2. The molecule has 3 rings (SSSR count). The summed E-state index contributed by atoms with van der Waals surface area (Å²) in [5, 5.41) is 14.6. The second-order valence-corrected chi connectivity index (χ2v) is 6.08. The van der Waals surface area contributed by atoms with Crippen LogP contribution in [-0.2, 0) is 12.8 Å². The Kier molecular flexibility index (Phi) is 4.17. The van der Waals surface area contributed by atoms with Gasteiger partial charge < -0.3 is 9.47 Å². The van der Waals surface area contributed by atoms with Crippen LogP contribution in [0.15, 0.2) is 18.2 Å². The lowest BCUT2D eigenvalue weighted by molar-refractivity contribution is 0.354. The smallest absolute Gasteiger partial charge is 0.213 e. The van der Waals surface area contributed by atoms with Gasteiger partial charge in [0.15, 0.2) is 17.2 Å². The number of hydrogen-bond acceptors (Lipinski definition) is 6. The Bertz CT molecular complexity index is 891. The first-order chi connectivity index (χ1) is 11.2. The minimum Gasteiger partial charge on any atom is -0.493 e. The van der Waals surface area contributed by atoms with Crippen LogP contribution in [0.5, 0.6) is 11.5 Å². The fourth-order valence-electron chi connectivity index (χ4n) is 2.41. The SMILES string of the molecule is COc1ccc(CCc2nn3c(C#N)c(C)nc3s2)cc1OC. The molecule has 0 aliphatic carbocycles. The van der Waals surface area contributed by atoms with E-state index in [1.54, 1.807) is 18.7 Å². The maximum atomic E-state index is 9.16. The van der Waals surface area contributed by atoms with Gasteiger partial charge in [0.1, 0.15) is 11.1 Å². The lowest BCUT2D eigenvalue weighted by Crippen LogP contribution is -1.96. The van der Waals surface area contributed by atoms with Crippen molar-refractivity contribution in [1.29, 1.82) is 5.26 Å². The molecule has 0 saturated carbocycles. The van der Waals surface area contributed by atoms with E-state index in [4.69, 9.17) is 14.7 Å². The van der Waals surface area contributed by atoms with Gasteiger partial charge in [-0.3, -0.25) is 0 Å². The minimum atomic E-state index is 0.508. The van der Waals surface area contributed by atoms with Crippen molar-refractivity contribution in [2.75, 3.05) is 14.2 Å². The van der Waals surface area contributed by atoms with Crippen LogP contribution >= 0.6 is 11.3 Å². The Balaban J connectivity index is 1.78. The Morgan fingerprint density at radius 2 is 2.00 bits per heavy atom. The molecule has 0 aliphatic heterocycles. The highest BCUT2D eigenvalue weighted by molar-refractivity contribution is 7.16. The van der Waals surface area contributed by atoms with Crippen molar-refractivity contribution in [1.82, 2.24) is 14.6 Å². The quantitative estimate of drug-likeness (QED) is 0.720. The van der Waals surface area contributed by atoms with Crippen molar-refractivity contribution >= 4 is 16.3 Å². The fraction of sp³-hybridized carbons (Fsp3) is 0.312. The second-order valence-electron chi connectivity index (χ2n) is 5.04. The summed E-state index contributed by atoms with van der Waals surface area (Å²) in [6.45, 7) is 1.82. The van der Waals surface area contributed by atoms with Crippen LogP contribution < -0.4 is 9.47 Å². The second kappa shape index (κ2) is 6.26. The average molecular weight is 328 g/mol. The van der Waals surface area contributed by atoms with Crippen LogP contribution in [0.3, 0.4) is 0 Å². The first kappa shape index (κ1) is 15.3. The molecule has 0 bridgehead atoms. The van der Waals surface area contributed by atoms with Crippen molar-refractivity contribution in [3.63, 3.8) is 0 Å². The molecule has 6 nitrogen and oxygen atoms in total. The van der Waals surface area contributed by atoms with E-state index in [1.165, 1.54) is 11.3 Å². The Morgan fingerprint density at radius 3 is 2.70 bits per heavy atom. The van der Waals surface area contributed by atoms with E-state index in [2.05, 4.69) is 16.2 Å². The zero-order valence-corrected chi connectivity index (χ0v) is 14.0. The van der Waals surface area contributed by atoms with Crippen LogP contribution in [0.4, 0.5) is 0 Å². The van der Waals surface area contributed by atoms with E-state index >= 15 is 0 Å². The number of benzene rings is 1. The van der Waals surface area contributed by atoms with E-state index in [9.17, 15) is 0 Å². The largest absolute Gasteiger partial charge is 0.493 e. The first-order valence-electron chi connectivity index (χ1n) is 7.12. The monoisotopic (exact) mass is 328 g/mol. The summed E-state index contributed by atoms with van der Waals surface area (Å²) in [7, 11) is 3.25. The molecule has 23 heavy (non-hydrogen) atoms. The van der Waals surface area contributed by atoms with Crippen molar-refractivity contribution in [2.45, 2.75) is 19.8 Å². The third-order valence-corrected chi connectivity index (χ3v) is 4.57. The lowest BCUT2D eigenvalue weighted by Gasteiger charge is -2.09. The standard InChI is InChI=1S/C16H16N4O2S/c1-10-12(9-17)20-16(18-10)23-15(19-20)7-5-11-4-6-13(21-2)14(8-11)22-3/h4,6,8H,5,7H2,1-3H3. The highest BCUT2D eigenvalue weighted by Gasteiger charge is 2.13. The summed E-state index contributed by atoms with van der Waals surface area (Å²) in [6.07, 6.45) is 1.62. The summed E-state index contributed by atoms with van der Waals surface area (Å²) in [5.74, 6) is 1.44. The highest BCUT2D eigenvalue weighted by atomic mass is 32.1. The van der Waals surface area contributed by atoms with Gasteiger partial charge in [-0.15, -0.1) is 0 Å². The fourth-order valence-corrected chi connectivity index (χ4v) is 3.34. The third-order valence-electron chi connectivity index (χ3n) is 3.60. The number of hydrogen-bond donors (Lipinski definition) is 0. The molecule has 0 radical (unpaired) electrons. The molecule has 0 N–H and O–H groups in total. The van der Waals surface area contributed by atoms with Gasteiger partial charge in [0.05, 0.1) is 19.9 Å². The van der Waals surface area contributed by atoms with Crippen LogP contribution in [0.25, 0.3) is 4.96 Å². The van der Waals surface area contributed by atoms with Crippen molar-refractivity contribution in [3.8, 4) is 17.6 Å². The molecule has 1 aromatic carbocycles. The highest BCUT2D eigenvalue weighted by Crippen LogP contribution is 2.28. The summed E-state index contributed by atoms with van der Waals surface area (Å²) in [5.41, 5.74) is 2.37. The molecule has 0 atom stereocenters. The van der Waals surface area contributed by atoms with Crippen molar-refractivity contribution < 1.29 is 9.47 Å².